The van der Waals surface area contributed by atoms with Gasteiger partial charge in [-0.3, -0.25) is 29.6 Å². The highest BCUT2D eigenvalue weighted by molar-refractivity contribution is 6.05. The van der Waals surface area contributed by atoms with Crippen LogP contribution < -0.4 is 10.1 Å². The highest BCUT2D eigenvalue weighted by Crippen LogP contribution is 2.32. The van der Waals surface area contributed by atoms with Crippen LogP contribution in [0.5, 0.6) is 5.75 Å². The Morgan fingerprint density at radius 2 is 1.95 bits per heavy atom. The Morgan fingerprint density at radius 3 is 2.80 bits per heavy atom. The Bertz CT molecular complexity index is 1500. The Kier molecular flexibility index (Phi) is 6.48. The molecule has 0 bridgehead atoms. The lowest BCUT2D eigenvalue weighted by Gasteiger charge is -2.29. The first-order chi connectivity index (χ1) is 19.5. The number of hydrogen-bond donors (Lipinski definition) is 1. The number of carbonyl (C=O) groups excluding carboxylic acids is 3. The van der Waals surface area contributed by atoms with Crippen LogP contribution in [0.1, 0.15) is 58.8 Å². The van der Waals surface area contributed by atoms with Gasteiger partial charge in [-0.25, -0.2) is 0 Å². The SMILES string of the molecule is O=C1CCC(N2Cc3cc(O[C@H]4CCN(Cc5cc6ccc([C@@H]7CCOC7)cc6cn5)C4)ccc3C2=O)C(=O)N1. The van der Waals surface area contributed by atoms with Crippen molar-refractivity contribution in [3.63, 3.8) is 0 Å². The lowest BCUT2D eigenvalue weighted by molar-refractivity contribution is -0.136. The zero-order valence-electron chi connectivity index (χ0n) is 22.3. The molecule has 3 fully saturated rings. The number of amides is 3. The molecule has 0 radical (unpaired) electrons. The third-order valence-corrected chi connectivity index (χ3v) is 8.62. The summed E-state index contributed by atoms with van der Waals surface area (Å²) < 4.78 is 11.9. The second kappa shape index (κ2) is 10.3. The molecule has 9 nitrogen and oxygen atoms in total. The van der Waals surface area contributed by atoms with Gasteiger partial charge >= 0.3 is 0 Å². The minimum atomic E-state index is -0.613. The van der Waals surface area contributed by atoms with E-state index in [0.717, 1.165) is 62.7 Å². The van der Waals surface area contributed by atoms with Crippen LogP contribution in [-0.2, 0) is 27.4 Å². The number of nitrogens with zero attached hydrogens (tertiary/aromatic N) is 3. The summed E-state index contributed by atoms with van der Waals surface area (Å²) in [4.78, 5) is 45.5. The number of aromatic nitrogens is 1. The number of likely N-dealkylation sites (tertiary alicyclic amines) is 1. The number of fused-ring (bicyclic) bond motifs is 2. The number of nitrogens with one attached hydrogen (secondary N) is 1. The molecule has 5 heterocycles. The number of imide groups is 1. The van der Waals surface area contributed by atoms with Gasteiger partial charge in [0.1, 0.15) is 17.9 Å². The second-order valence-corrected chi connectivity index (χ2v) is 11.3. The highest BCUT2D eigenvalue weighted by Gasteiger charge is 2.39. The first kappa shape index (κ1) is 25.2. The topological polar surface area (TPSA) is 101 Å². The van der Waals surface area contributed by atoms with Crippen LogP contribution in [0.25, 0.3) is 10.8 Å². The first-order valence-corrected chi connectivity index (χ1v) is 14.1. The van der Waals surface area contributed by atoms with Gasteiger partial charge in [-0.05, 0) is 66.1 Å². The molecular weight excluding hydrogens is 508 g/mol. The lowest BCUT2D eigenvalue weighted by Crippen LogP contribution is -2.52. The average Bonchev–Trinajstić information content (AvgIpc) is 3.70. The molecule has 1 unspecified atom stereocenters. The highest BCUT2D eigenvalue weighted by atomic mass is 16.5. The summed E-state index contributed by atoms with van der Waals surface area (Å²) in [5.41, 5.74) is 3.83. The zero-order valence-corrected chi connectivity index (χ0v) is 22.3. The monoisotopic (exact) mass is 540 g/mol. The number of rotatable bonds is 6. The van der Waals surface area contributed by atoms with Crippen molar-refractivity contribution < 1.29 is 23.9 Å². The molecule has 3 atom stereocenters. The normalized spacial score (nSPS) is 25.1. The number of pyridine rings is 1. The Morgan fingerprint density at radius 1 is 1.02 bits per heavy atom. The largest absolute Gasteiger partial charge is 0.489 e. The van der Waals surface area contributed by atoms with Gasteiger partial charge in [0.15, 0.2) is 0 Å². The molecule has 0 spiro atoms. The molecule has 4 aliphatic rings. The summed E-state index contributed by atoms with van der Waals surface area (Å²) in [5.74, 6) is 0.364. The van der Waals surface area contributed by atoms with E-state index in [1.165, 1.54) is 16.3 Å². The van der Waals surface area contributed by atoms with Gasteiger partial charge in [-0.1, -0.05) is 12.1 Å². The molecule has 3 aromatic rings. The molecule has 1 N–H and O–H groups in total. The fourth-order valence-corrected chi connectivity index (χ4v) is 6.43. The number of carbonyl (C=O) groups is 3. The summed E-state index contributed by atoms with van der Waals surface area (Å²) in [6, 6.07) is 13.8. The molecule has 0 aliphatic carbocycles. The second-order valence-electron chi connectivity index (χ2n) is 11.3. The summed E-state index contributed by atoms with van der Waals surface area (Å²) in [6.45, 7) is 4.50. The van der Waals surface area contributed by atoms with Crippen LogP contribution in [-0.4, -0.2) is 71.0 Å². The van der Waals surface area contributed by atoms with E-state index in [4.69, 9.17) is 14.5 Å². The minimum Gasteiger partial charge on any atom is -0.489 e. The predicted octanol–water partition coefficient (Wildman–Crippen LogP) is 3.15. The standard InChI is InChI=1S/C31H32N4O5/c36-29-6-5-28(30(37)33-29)35-15-23-13-25(3-4-27(23)31(35)38)40-26-7-9-34(17-26)16-24-12-20-2-1-19(11-22(20)14-32-24)21-8-10-39-18-21/h1-4,11-14,21,26,28H,5-10,15-18H2,(H,33,36,37)/t21-,26+,28?/m1/s1. The van der Waals surface area contributed by atoms with Gasteiger partial charge in [0.25, 0.3) is 5.91 Å². The van der Waals surface area contributed by atoms with Crippen molar-refractivity contribution in [1.29, 1.82) is 0 Å². The third kappa shape index (κ3) is 4.84. The van der Waals surface area contributed by atoms with E-state index in [1.54, 1.807) is 11.0 Å². The van der Waals surface area contributed by atoms with Crippen molar-refractivity contribution in [3.05, 3.63) is 71.0 Å². The quantitative estimate of drug-likeness (QED) is 0.480. The summed E-state index contributed by atoms with van der Waals surface area (Å²) in [7, 11) is 0. The van der Waals surface area contributed by atoms with Gasteiger partial charge in [0, 0.05) is 62.3 Å². The average molecular weight is 541 g/mol. The molecule has 9 heteroatoms. The van der Waals surface area contributed by atoms with Crippen molar-refractivity contribution in [3.8, 4) is 5.75 Å². The zero-order chi connectivity index (χ0) is 27.2. The molecule has 206 valence electrons. The minimum absolute atomic E-state index is 0.0537. The van der Waals surface area contributed by atoms with E-state index >= 15 is 0 Å². The maximum Gasteiger partial charge on any atom is 0.255 e. The molecule has 3 saturated heterocycles. The fraction of sp³-hybridized carbons (Fsp3) is 0.419. The van der Waals surface area contributed by atoms with Crippen LogP contribution in [0.4, 0.5) is 0 Å². The molecule has 40 heavy (non-hydrogen) atoms. The maximum absolute atomic E-state index is 13.0. The van der Waals surface area contributed by atoms with Crippen molar-refractivity contribution in [2.24, 2.45) is 0 Å². The summed E-state index contributed by atoms with van der Waals surface area (Å²) >= 11 is 0. The van der Waals surface area contributed by atoms with Crippen LogP contribution >= 0.6 is 0 Å². The van der Waals surface area contributed by atoms with E-state index in [-0.39, 0.29) is 24.3 Å². The molecular formula is C31H32N4O5. The van der Waals surface area contributed by atoms with Crippen molar-refractivity contribution >= 4 is 28.5 Å². The van der Waals surface area contributed by atoms with Gasteiger partial charge in [-0.15, -0.1) is 0 Å². The Hall–Kier alpha value is -3.82. The number of benzene rings is 2. The Balaban J connectivity index is 0.965. The van der Waals surface area contributed by atoms with Crippen LogP contribution in [0, 0.1) is 0 Å². The van der Waals surface area contributed by atoms with E-state index in [1.807, 2.05) is 18.3 Å². The first-order valence-electron chi connectivity index (χ1n) is 14.1. The number of hydrogen-bond acceptors (Lipinski definition) is 7. The number of piperidine rings is 1. The van der Waals surface area contributed by atoms with Crippen LogP contribution in [0.2, 0.25) is 0 Å². The van der Waals surface area contributed by atoms with E-state index in [9.17, 15) is 14.4 Å². The molecule has 0 saturated carbocycles. The number of ether oxygens (including phenoxy) is 2. The maximum atomic E-state index is 13.0. The summed E-state index contributed by atoms with van der Waals surface area (Å²) in [6.07, 6.45) is 4.64. The van der Waals surface area contributed by atoms with Gasteiger partial charge in [-0.2, -0.15) is 0 Å². The lowest BCUT2D eigenvalue weighted by atomic mass is 9.96. The molecule has 1 aromatic heterocycles. The third-order valence-electron chi connectivity index (χ3n) is 8.62. The van der Waals surface area contributed by atoms with Crippen LogP contribution in [0.15, 0.2) is 48.7 Å². The van der Waals surface area contributed by atoms with Gasteiger partial charge < -0.3 is 14.4 Å². The van der Waals surface area contributed by atoms with Crippen molar-refractivity contribution in [2.75, 3.05) is 26.3 Å². The predicted molar refractivity (Wildman–Crippen MR) is 147 cm³/mol. The van der Waals surface area contributed by atoms with Crippen molar-refractivity contribution in [2.45, 2.75) is 56.8 Å². The molecule has 4 aliphatic heterocycles. The molecule has 3 amide bonds. The smallest absolute Gasteiger partial charge is 0.255 e. The molecule has 2 aromatic carbocycles. The van der Waals surface area contributed by atoms with Gasteiger partial charge in [0.2, 0.25) is 11.8 Å². The van der Waals surface area contributed by atoms with E-state index in [0.29, 0.717) is 24.4 Å². The van der Waals surface area contributed by atoms with E-state index < -0.39 is 11.9 Å². The van der Waals surface area contributed by atoms with Gasteiger partial charge in [0.05, 0.1) is 12.3 Å². The van der Waals surface area contributed by atoms with Crippen LogP contribution in [0.3, 0.4) is 0 Å². The van der Waals surface area contributed by atoms with E-state index in [2.05, 4.69) is 34.5 Å². The van der Waals surface area contributed by atoms with Crippen molar-refractivity contribution in [1.82, 2.24) is 20.1 Å². The Labute approximate surface area is 232 Å². The summed E-state index contributed by atoms with van der Waals surface area (Å²) in [5, 5.41) is 4.72. The fourth-order valence-electron chi connectivity index (χ4n) is 6.43. The molecule has 7 rings (SSSR count).